The number of hydrogen-bond donors (Lipinski definition) is 0. The largest absolute Gasteiger partial charge is 0.460 e. The summed E-state index contributed by atoms with van der Waals surface area (Å²) < 4.78 is 43.7. The fraction of sp³-hybridized carbons (Fsp3) is 0.286. The van der Waals surface area contributed by atoms with Gasteiger partial charge in [0.05, 0.1) is 5.56 Å². The molecule has 0 aliphatic carbocycles. The summed E-state index contributed by atoms with van der Waals surface area (Å²) in [7, 11) is 0. The molecule has 1 fully saturated rings. The minimum atomic E-state index is -4.53. The quantitative estimate of drug-likeness (QED) is 0.630. The lowest BCUT2D eigenvalue weighted by Gasteiger charge is -2.31. The Kier molecular flexibility index (Phi) is 5.79. The van der Waals surface area contributed by atoms with Crippen LogP contribution in [0.25, 0.3) is 11.1 Å². The number of piperidine rings is 1. The molecule has 1 aliphatic rings. The maximum Gasteiger partial charge on any atom is 0.433 e. The third kappa shape index (κ3) is 4.96. The number of alkyl halides is 3. The predicted octanol–water partition coefficient (Wildman–Crippen LogP) is 3.64. The molecule has 1 amide bonds. The van der Waals surface area contributed by atoms with Crippen LogP contribution >= 0.6 is 0 Å². The number of amides is 1. The van der Waals surface area contributed by atoms with Crippen molar-refractivity contribution in [2.75, 3.05) is 13.1 Å². The van der Waals surface area contributed by atoms with Crippen molar-refractivity contribution in [3.63, 3.8) is 0 Å². The summed E-state index contributed by atoms with van der Waals surface area (Å²) in [5.41, 5.74) is 0.903. The molecular formula is C21H18F3N5O2. The van der Waals surface area contributed by atoms with Crippen molar-refractivity contribution in [2.45, 2.75) is 25.1 Å². The molecular weight excluding hydrogens is 411 g/mol. The maximum absolute atomic E-state index is 12.6. The number of carbonyl (C=O) groups is 1. The van der Waals surface area contributed by atoms with Crippen molar-refractivity contribution in [3.8, 4) is 17.1 Å². The summed E-state index contributed by atoms with van der Waals surface area (Å²) in [4.78, 5) is 29.9. The van der Waals surface area contributed by atoms with Gasteiger partial charge in [-0.2, -0.15) is 13.2 Å². The van der Waals surface area contributed by atoms with Crippen molar-refractivity contribution < 1.29 is 22.7 Å². The summed E-state index contributed by atoms with van der Waals surface area (Å²) in [5, 5.41) is 0. The number of hydrogen-bond acceptors (Lipinski definition) is 6. The first kappa shape index (κ1) is 20.7. The zero-order valence-corrected chi connectivity index (χ0v) is 16.3. The molecule has 0 bridgehead atoms. The standard InChI is InChI=1S/C21H18F3N5O2/c22-21(23,24)18-2-1-15(11-26-18)19(30)29-9-5-17(6-10-29)31-20-27-12-16(13-28-20)14-3-7-25-8-4-14/h1-4,7-8,11-13,17H,5-6,9-10H2. The van der Waals surface area contributed by atoms with Crippen molar-refractivity contribution in [1.82, 2.24) is 24.8 Å². The predicted molar refractivity (Wildman–Crippen MR) is 104 cm³/mol. The van der Waals surface area contributed by atoms with Gasteiger partial charge in [-0.05, 0) is 29.8 Å². The minimum absolute atomic E-state index is 0.127. The van der Waals surface area contributed by atoms with Crippen LogP contribution in [0.5, 0.6) is 6.01 Å². The highest BCUT2D eigenvalue weighted by molar-refractivity contribution is 5.94. The van der Waals surface area contributed by atoms with E-state index in [2.05, 4.69) is 19.9 Å². The van der Waals surface area contributed by atoms with Gasteiger partial charge < -0.3 is 9.64 Å². The monoisotopic (exact) mass is 429 g/mol. The summed E-state index contributed by atoms with van der Waals surface area (Å²) >= 11 is 0. The van der Waals surface area contributed by atoms with Crippen LogP contribution in [-0.4, -0.2) is 49.9 Å². The summed E-state index contributed by atoms with van der Waals surface area (Å²) in [6.07, 6.45) is 4.14. The normalized spacial score (nSPS) is 15.0. The van der Waals surface area contributed by atoms with Crippen LogP contribution in [0.2, 0.25) is 0 Å². The molecule has 1 saturated heterocycles. The Labute approximate surface area is 176 Å². The van der Waals surface area contributed by atoms with Gasteiger partial charge in [-0.15, -0.1) is 0 Å². The second-order valence-electron chi connectivity index (χ2n) is 7.03. The number of likely N-dealkylation sites (tertiary alicyclic amines) is 1. The molecule has 3 aromatic heterocycles. The van der Waals surface area contributed by atoms with E-state index in [1.54, 1.807) is 29.7 Å². The highest BCUT2D eigenvalue weighted by atomic mass is 19.4. The van der Waals surface area contributed by atoms with E-state index < -0.39 is 11.9 Å². The Balaban J connectivity index is 1.31. The Morgan fingerprint density at radius 3 is 2.19 bits per heavy atom. The van der Waals surface area contributed by atoms with Crippen LogP contribution in [0.1, 0.15) is 28.9 Å². The highest BCUT2D eigenvalue weighted by Gasteiger charge is 2.33. The molecule has 1 aliphatic heterocycles. The molecule has 0 atom stereocenters. The third-order valence-corrected chi connectivity index (χ3v) is 4.94. The van der Waals surface area contributed by atoms with E-state index >= 15 is 0 Å². The van der Waals surface area contributed by atoms with E-state index in [-0.39, 0.29) is 23.6 Å². The van der Waals surface area contributed by atoms with Gasteiger partial charge in [0, 0.05) is 62.5 Å². The molecule has 10 heteroatoms. The average molecular weight is 429 g/mol. The zero-order valence-electron chi connectivity index (χ0n) is 16.3. The second kappa shape index (κ2) is 8.66. The third-order valence-electron chi connectivity index (χ3n) is 4.94. The molecule has 7 nitrogen and oxygen atoms in total. The van der Waals surface area contributed by atoms with E-state index in [4.69, 9.17) is 4.74 Å². The van der Waals surface area contributed by atoms with E-state index in [1.165, 1.54) is 0 Å². The SMILES string of the molecule is O=C(c1ccc(C(F)(F)F)nc1)N1CCC(Oc2ncc(-c3ccncc3)cn2)CC1. The van der Waals surface area contributed by atoms with Gasteiger partial charge in [0.2, 0.25) is 0 Å². The van der Waals surface area contributed by atoms with Crippen LogP contribution in [0, 0.1) is 0 Å². The minimum Gasteiger partial charge on any atom is -0.460 e. The molecule has 4 rings (SSSR count). The molecule has 0 radical (unpaired) electrons. The molecule has 160 valence electrons. The van der Waals surface area contributed by atoms with Crippen LogP contribution in [0.15, 0.2) is 55.2 Å². The lowest BCUT2D eigenvalue weighted by Crippen LogP contribution is -2.42. The fourth-order valence-electron chi connectivity index (χ4n) is 3.27. The first-order chi connectivity index (χ1) is 14.9. The lowest BCUT2D eigenvalue weighted by molar-refractivity contribution is -0.141. The Bertz CT molecular complexity index is 1020. The van der Waals surface area contributed by atoms with Gasteiger partial charge in [0.15, 0.2) is 0 Å². The average Bonchev–Trinajstić information content (AvgIpc) is 2.80. The van der Waals surface area contributed by atoms with Gasteiger partial charge >= 0.3 is 12.2 Å². The Hall–Kier alpha value is -3.56. The van der Waals surface area contributed by atoms with Crippen molar-refractivity contribution in [2.24, 2.45) is 0 Å². The summed E-state index contributed by atoms with van der Waals surface area (Å²) in [6.45, 7) is 0.833. The van der Waals surface area contributed by atoms with Gasteiger partial charge in [-0.3, -0.25) is 14.8 Å². The fourth-order valence-corrected chi connectivity index (χ4v) is 3.27. The van der Waals surface area contributed by atoms with Gasteiger partial charge in [-0.1, -0.05) is 0 Å². The molecule has 0 unspecified atom stereocenters. The van der Waals surface area contributed by atoms with Crippen LogP contribution < -0.4 is 4.74 Å². The first-order valence-electron chi connectivity index (χ1n) is 9.62. The number of nitrogens with zero attached hydrogens (tertiary/aromatic N) is 5. The van der Waals surface area contributed by atoms with Crippen molar-refractivity contribution >= 4 is 5.91 Å². The number of rotatable bonds is 4. The number of ether oxygens (including phenoxy) is 1. The number of pyridine rings is 2. The van der Waals surface area contributed by atoms with E-state index in [0.29, 0.717) is 25.9 Å². The molecule has 0 aromatic carbocycles. The second-order valence-corrected chi connectivity index (χ2v) is 7.03. The number of halogens is 3. The maximum atomic E-state index is 12.6. The molecule has 0 spiro atoms. The number of aromatic nitrogens is 4. The van der Waals surface area contributed by atoms with Crippen LogP contribution in [-0.2, 0) is 6.18 Å². The first-order valence-corrected chi connectivity index (χ1v) is 9.62. The van der Waals surface area contributed by atoms with E-state index in [1.807, 2.05) is 12.1 Å². The Morgan fingerprint density at radius 2 is 1.61 bits per heavy atom. The van der Waals surface area contributed by atoms with E-state index in [9.17, 15) is 18.0 Å². The summed E-state index contributed by atoms with van der Waals surface area (Å²) in [6, 6.07) is 5.94. The van der Waals surface area contributed by atoms with Crippen LogP contribution in [0.3, 0.4) is 0 Å². The zero-order chi connectivity index (χ0) is 21.8. The molecule has 4 heterocycles. The Morgan fingerprint density at radius 1 is 0.935 bits per heavy atom. The topological polar surface area (TPSA) is 81.1 Å². The van der Waals surface area contributed by atoms with Crippen molar-refractivity contribution in [3.05, 3.63) is 66.5 Å². The van der Waals surface area contributed by atoms with Crippen LogP contribution in [0.4, 0.5) is 13.2 Å². The molecule has 3 aromatic rings. The molecule has 31 heavy (non-hydrogen) atoms. The van der Waals surface area contributed by atoms with Crippen molar-refractivity contribution in [1.29, 1.82) is 0 Å². The summed E-state index contributed by atoms with van der Waals surface area (Å²) in [5.74, 6) is -0.349. The van der Waals surface area contributed by atoms with Gasteiger partial charge in [0.1, 0.15) is 11.8 Å². The lowest BCUT2D eigenvalue weighted by atomic mass is 10.1. The van der Waals surface area contributed by atoms with E-state index in [0.717, 1.165) is 29.5 Å². The highest BCUT2D eigenvalue weighted by Crippen LogP contribution is 2.27. The smallest absolute Gasteiger partial charge is 0.433 e. The van der Waals surface area contributed by atoms with Gasteiger partial charge in [0.25, 0.3) is 5.91 Å². The number of carbonyl (C=O) groups excluding carboxylic acids is 1. The molecule has 0 saturated carbocycles. The van der Waals surface area contributed by atoms with Gasteiger partial charge in [-0.25, -0.2) is 9.97 Å². The molecule has 0 N–H and O–H groups in total.